The number of hydrogen-bond donors (Lipinski definition) is 1. The lowest BCUT2D eigenvalue weighted by atomic mass is 10.2. The van der Waals surface area contributed by atoms with Crippen molar-refractivity contribution >= 4 is 5.91 Å². The van der Waals surface area contributed by atoms with Gasteiger partial charge in [-0.1, -0.05) is 0 Å². The molecule has 4 heteroatoms. The number of hydrogen-bond acceptors (Lipinski definition) is 3. The van der Waals surface area contributed by atoms with Crippen molar-refractivity contribution in [2.75, 3.05) is 14.2 Å². The average Bonchev–Trinajstić information content (AvgIpc) is 2.27. The summed E-state index contributed by atoms with van der Waals surface area (Å²) in [6.45, 7) is 3.85. The first kappa shape index (κ1) is 12.4. The summed E-state index contributed by atoms with van der Waals surface area (Å²) in [5.74, 6) is 1.07. The molecule has 0 saturated carbocycles. The molecule has 0 aliphatic carbocycles. The Morgan fingerprint density at radius 1 is 1.31 bits per heavy atom. The third-order valence-electron chi connectivity index (χ3n) is 2.02. The van der Waals surface area contributed by atoms with Crippen LogP contribution >= 0.6 is 0 Å². The van der Waals surface area contributed by atoms with Crippen molar-refractivity contribution in [2.45, 2.75) is 20.0 Å². The molecular weight excluding hydrogens is 206 g/mol. The molecule has 1 N–H and O–H groups in total. The highest BCUT2D eigenvalue weighted by Gasteiger charge is 2.10. The molecule has 1 aromatic rings. The minimum atomic E-state index is -0.142. The molecule has 16 heavy (non-hydrogen) atoms. The van der Waals surface area contributed by atoms with E-state index in [1.54, 1.807) is 32.4 Å². The van der Waals surface area contributed by atoms with Crippen molar-refractivity contribution in [2.24, 2.45) is 0 Å². The lowest BCUT2D eigenvalue weighted by Crippen LogP contribution is -2.18. The van der Waals surface area contributed by atoms with Gasteiger partial charge in [-0.2, -0.15) is 0 Å². The molecule has 0 unspecified atom stereocenters. The van der Waals surface area contributed by atoms with Gasteiger partial charge in [0.2, 0.25) is 0 Å². The van der Waals surface area contributed by atoms with Gasteiger partial charge in [-0.15, -0.1) is 0 Å². The standard InChI is InChI=1S/C12H17NO3/c1-8(2)16-11-7-9(12(14)13-3)5-6-10(11)15-4/h5-8H,1-4H3,(H,13,14). The molecule has 1 amide bonds. The van der Waals surface area contributed by atoms with Crippen LogP contribution in [0.2, 0.25) is 0 Å². The Balaban J connectivity index is 3.05. The molecule has 0 radical (unpaired) electrons. The Bertz CT molecular complexity index is 375. The largest absolute Gasteiger partial charge is 0.493 e. The van der Waals surface area contributed by atoms with Crippen LogP contribution in [0.3, 0.4) is 0 Å². The van der Waals surface area contributed by atoms with E-state index in [-0.39, 0.29) is 12.0 Å². The fourth-order valence-corrected chi connectivity index (χ4v) is 1.31. The maximum Gasteiger partial charge on any atom is 0.251 e. The quantitative estimate of drug-likeness (QED) is 0.847. The third kappa shape index (κ3) is 2.89. The van der Waals surface area contributed by atoms with Crippen molar-refractivity contribution in [3.8, 4) is 11.5 Å². The molecule has 0 saturated heterocycles. The van der Waals surface area contributed by atoms with Gasteiger partial charge in [0, 0.05) is 12.6 Å². The van der Waals surface area contributed by atoms with Crippen LogP contribution in [-0.4, -0.2) is 26.2 Å². The monoisotopic (exact) mass is 223 g/mol. The van der Waals surface area contributed by atoms with Gasteiger partial charge >= 0.3 is 0 Å². The molecule has 0 spiro atoms. The van der Waals surface area contributed by atoms with Crippen LogP contribution < -0.4 is 14.8 Å². The first-order valence-electron chi connectivity index (χ1n) is 5.15. The SMILES string of the molecule is CNC(=O)c1ccc(OC)c(OC(C)C)c1. The van der Waals surface area contributed by atoms with Crippen molar-refractivity contribution in [1.29, 1.82) is 0 Å². The molecule has 1 rings (SSSR count). The van der Waals surface area contributed by atoms with Gasteiger partial charge in [0.1, 0.15) is 0 Å². The van der Waals surface area contributed by atoms with Crippen LogP contribution in [0.15, 0.2) is 18.2 Å². The Kier molecular flexibility index (Phi) is 4.17. The Morgan fingerprint density at radius 2 is 2.00 bits per heavy atom. The molecule has 1 aromatic carbocycles. The number of methoxy groups -OCH3 is 1. The molecule has 88 valence electrons. The van der Waals surface area contributed by atoms with Gasteiger partial charge in [-0.05, 0) is 32.0 Å². The van der Waals surface area contributed by atoms with Gasteiger partial charge in [0.25, 0.3) is 5.91 Å². The van der Waals surface area contributed by atoms with E-state index in [1.165, 1.54) is 0 Å². The van der Waals surface area contributed by atoms with E-state index >= 15 is 0 Å². The van der Waals surface area contributed by atoms with E-state index in [0.29, 0.717) is 17.1 Å². The summed E-state index contributed by atoms with van der Waals surface area (Å²) in [5, 5.41) is 2.56. The van der Waals surface area contributed by atoms with E-state index in [2.05, 4.69) is 5.32 Å². The zero-order chi connectivity index (χ0) is 12.1. The molecule has 0 aromatic heterocycles. The summed E-state index contributed by atoms with van der Waals surface area (Å²) in [7, 11) is 3.16. The lowest BCUT2D eigenvalue weighted by Gasteiger charge is -2.14. The summed E-state index contributed by atoms with van der Waals surface area (Å²) in [6, 6.07) is 5.10. The number of ether oxygens (including phenoxy) is 2. The summed E-state index contributed by atoms with van der Waals surface area (Å²) in [6.07, 6.45) is 0.0360. The number of nitrogens with one attached hydrogen (secondary N) is 1. The van der Waals surface area contributed by atoms with E-state index in [4.69, 9.17) is 9.47 Å². The van der Waals surface area contributed by atoms with Crippen LogP contribution in [0.4, 0.5) is 0 Å². The second kappa shape index (κ2) is 5.39. The number of benzene rings is 1. The summed E-state index contributed by atoms with van der Waals surface area (Å²) >= 11 is 0. The number of carbonyl (C=O) groups is 1. The average molecular weight is 223 g/mol. The molecule has 4 nitrogen and oxygen atoms in total. The predicted molar refractivity (Wildman–Crippen MR) is 62.1 cm³/mol. The fraction of sp³-hybridized carbons (Fsp3) is 0.417. The van der Waals surface area contributed by atoms with Gasteiger partial charge in [-0.3, -0.25) is 4.79 Å². The number of amides is 1. The topological polar surface area (TPSA) is 47.6 Å². The third-order valence-corrected chi connectivity index (χ3v) is 2.02. The smallest absolute Gasteiger partial charge is 0.251 e. The summed E-state index contributed by atoms with van der Waals surface area (Å²) < 4.78 is 10.7. The summed E-state index contributed by atoms with van der Waals surface area (Å²) in [5.41, 5.74) is 0.555. The van der Waals surface area contributed by atoms with Crippen molar-refractivity contribution in [3.63, 3.8) is 0 Å². The van der Waals surface area contributed by atoms with Crippen molar-refractivity contribution in [1.82, 2.24) is 5.32 Å². The second-order valence-electron chi connectivity index (χ2n) is 3.61. The highest BCUT2D eigenvalue weighted by atomic mass is 16.5. The zero-order valence-electron chi connectivity index (χ0n) is 10.0. The van der Waals surface area contributed by atoms with Gasteiger partial charge in [0.15, 0.2) is 11.5 Å². The van der Waals surface area contributed by atoms with Gasteiger partial charge in [-0.25, -0.2) is 0 Å². The molecule has 0 heterocycles. The Labute approximate surface area is 95.6 Å². The van der Waals surface area contributed by atoms with E-state index in [9.17, 15) is 4.79 Å². The van der Waals surface area contributed by atoms with Crippen LogP contribution in [0.1, 0.15) is 24.2 Å². The van der Waals surface area contributed by atoms with E-state index < -0.39 is 0 Å². The van der Waals surface area contributed by atoms with Crippen molar-refractivity contribution in [3.05, 3.63) is 23.8 Å². The van der Waals surface area contributed by atoms with E-state index in [1.807, 2.05) is 13.8 Å². The molecule has 0 fully saturated rings. The number of carbonyl (C=O) groups excluding carboxylic acids is 1. The zero-order valence-corrected chi connectivity index (χ0v) is 10.0. The molecular formula is C12H17NO3. The molecule has 0 aliphatic rings. The normalized spacial score (nSPS) is 10.1. The van der Waals surface area contributed by atoms with Crippen LogP contribution in [0, 0.1) is 0 Å². The molecule has 0 bridgehead atoms. The maximum atomic E-state index is 11.4. The predicted octanol–water partition coefficient (Wildman–Crippen LogP) is 1.84. The van der Waals surface area contributed by atoms with Gasteiger partial charge in [0.05, 0.1) is 13.2 Å². The minimum Gasteiger partial charge on any atom is -0.493 e. The summed E-state index contributed by atoms with van der Waals surface area (Å²) in [4.78, 5) is 11.4. The molecule has 0 atom stereocenters. The van der Waals surface area contributed by atoms with Crippen LogP contribution in [-0.2, 0) is 0 Å². The first-order valence-corrected chi connectivity index (χ1v) is 5.15. The van der Waals surface area contributed by atoms with E-state index in [0.717, 1.165) is 0 Å². The highest BCUT2D eigenvalue weighted by molar-refractivity contribution is 5.94. The molecule has 0 aliphatic heterocycles. The Morgan fingerprint density at radius 3 is 2.50 bits per heavy atom. The van der Waals surface area contributed by atoms with Crippen LogP contribution in [0.25, 0.3) is 0 Å². The maximum absolute atomic E-state index is 11.4. The number of rotatable bonds is 4. The highest BCUT2D eigenvalue weighted by Crippen LogP contribution is 2.28. The Hall–Kier alpha value is -1.71. The lowest BCUT2D eigenvalue weighted by molar-refractivity contribution is 0.0962. The van der Waals surface area contributed by atoms with Crippen LogP contribution in [0.5, 0.6) is 11.5 Å². The second-order valence-corrected chi connectivity index (χ2v) is 3.61. The first-order chi connectivity index (χ1) is 7.58. The van der Waals surface area contributed by atoms with Gasteiger partial charge < -0.3 is 14.8 Å². The fourth-order valence-electron chi connectivity index (χ4n) is 1.31. The van der Waals surface area contributed by atoms with Crippen molar-refractivity contribution < 1.29 is 14.3 Å². The minimum absolute atomic E-state index is 0.0360.